The summed E-state index contributed by atoms with van der Waals surface area (Å²) in [6, 6.07) is 2.37. The van der Waals surface area contributed by atoms with E-state index in [-0.39, 0.29) is 27.6 Å². The average Bonchev–Trinajstić information content (AvgIpc) is 2.71. The van der Waals surface area contributed by atoms with Gasteiger partial charge in [-0.25, -0.2) is 0 Å². The lowest BCUT2D eigenvalue weighted by molar-refractivity contribution is -0.250. The minimum Gasteiger partial charge on any atom is -0.496 e. The van der Waals surface area contributed by atoms with E-state index < -0.39 is 29.6 Å². The highest BCUT2D eigenvalue weighted by Gasteiger charge is 2.58. The Morgan fingerprint density at radius 2 is 2.06 bits per heavy atom. The number of hydrogen-bond acceptors (Lipinski definition) is 5. The normalized spacial score (nSPS) is 20.5. The van der Waals surface area contributed by atoms with Crippen LogP contribution < -0.4 is 10.1 Å². The zero-order valence-corrected chi connectivity index (χ0v) is 18.2. The van der Waals surface area contributed by atoms with E-state index >= 15 is 0 Å². The van der Waals surface area contributed by atoms with Crippen molar-refractivity contribution in [3.63, 3.8) is 0 Å². The van der Waals surface area contributed by atoms with Crippen molar-refractivity contribution in [2.75, 3.05) is 7.11 Å². The molecule has 32 heavy (non-hydrogen) atoms. The highest BCUT2D eigenvalue weighted by atomic mass is 35.5. The summed E-state index contributed by atoms with van der Waals surface area (Å²) in [6.45, 7) is 2.91. The number of carbonyl (C=O) groups excluding carboxylic acids is 1. The average molecular weight is 468 g/mol. The number of benzene rings is 1. The van der Waals surface area contributed by atoms with Gasteiger partial charge < -0.3 is 15.2 Å². The largest absolute Gasteiger partial charge is 0.496 e. The van der Waals surface area contributed by atoms with Crippen LogP contribution in [0.1, 0.15) is 25.5 Å². The molecule has 1 heterocycles. The molecular formula is C22H21ClF3N3O3. The molecule has 170 valence electrons. The number of nitrogens with one attached hydrogen (secondary N) is 1. The number of carbonyl (C=O) groups is 1. The standard InChI is InChI=1S/C22H21ClF3N3O3/c1-12(2)10-21(31,22(24,25)26)19(15-8-7-13(23)9-18(15)32-3)28-17-6-4-5-14-16(17)11-27-29-20(14)30/h4-11,14,19,28,31H,1-3H3. The lowest BCUT2D eigenvalue weighted by Gasteiger charge is -2.39. The Bertz CT molecular complexity index is 1070. The van der Waals surface area contributed by atoms with Crippen molar-refractivity contribution in [1.29, 1.82) is 0 Å². The van der Waals surface area contributed by atoms with E-state index in [1.165, 1.54) is 57.5 Å². The first kappa shape index (κ1) is 23.7. The van der Waals surface area contributed by atoms with Crippen molar-refractivity contribution in [3.05, 3.63) is 76.1 Å². The van der Waals surface area contributed by atoms with Crippen LogP contribution in [0.15, 0.2) is 75.8 Å². The summed E-state index contributed by atoms with van der Waals surface area (Å²) in [5, 5.41) is 21.2. The lowest BCUT2D eigenvalue weighted by atomic mass is 9.83. The van der Waals surface area contributed by atoms with Gasteiger partial charge in [0.25, 0.3) is 5.91 Å². The van der Waals surface area contributed by atoms with Crippen molar-refractivity contribution in [2.24, 2.45) is 16.1 Å². The molecule has 0 radical (unpaired) electrons. The van der Waals surface area contributed by atoms with Crippen LogP contribution in [0.5, 0.6) is 5.75 Å². The van der Waals surface area contributed by atoms with Gasteiger partial charge in [0.2, 0.25) is 5.60 Å². The van der Waals surface area contributed by atoms with Crippen LogP contribution in [-0.4, -0.2) is 29.9 Å². The van der Waals surface area contributed by atoms with Gasteiger partial charge in [0.15, 0.2) is 0 Å². The Labute approximate surface area is 187 Å². The number of allylic oxidation sites excluding steroid dienone is 4. The van der Waals surface area contributed by atoms with Crippen molar-refractivity contribution in [1.82, 2.24) is 5.32 Å². The SMILES string of the molecule is COc1cc(Cl)ccc1C(NC1=CC=CC2C(=O)N=NC=C12)C(O)(C=C(C)C)C(F)(F)F. The Hall–Kier alpha value is -2.91. The first-order chi connectivity index (χ1) is 15.0. The molecular weight excluding hydrogens is 447 g/mol. The minimum absolute atomic E-state index is 0.0191. The van der Waals surface area contributed by atoms with Crippen LogP contribution in [-0.2, 0) is 4.79 Å². The number of fused-ring (bicyclic) bond motifs is 1. The molecule has 10 heteroatoms. The zero-order chi connectivity index (χ0) is 23.7. The fourth-order valence-corrected chi connectivity index (χ4v) is 3.77. The molecule has 1 aliphatic carbocycles. The van der Waals surface area contributed by atoms with Crippen molar-refractivity contribution in [2.45, 2.75) is 31.7 Å². The first-order valence-electron chi connectivity index (χ1n) is 9.56. The maximum Gasteiger partial charge on any atom is 0.423 e. The maximum atomic E-state index is 14.3. The molecule has 6 nitrogen and oxygen atoms in total. The highest BCUT2D eigenvalue weighted by molar-refractivity contribution is 6.30. The van der Waals surface area contributed by atoms with E-state index in [1.807, 2.05) is 0 Å². The van der Waals surface area contributed by atoms with E-state index in [2.05, 4.69) is 15.5 Å². The van der Waals surface area contributed by atoms with Crippen LogP contribution in [0.4, 0.5) is 13.2 Å². The fraction of sp³-hybridized carbons (Fsp3) is 0.318. The van der Waals surface area contributed by atoms with Crippen LogP contribution in [0, 0.1) is 5.92 Å². The van der Waals surface area contributed by atoms with Gasteiger partial charge in [-0.15, -0.1) is 5.11 Å². The van der Waals surface area contributed by atoms with E-state index in [1.54, 1.807) is 6.08 Å². The van der Waals surface area contributed by atoms with Crippen LogP contribution in [0.2, 0.25) is 5.02 Å². The number of rotatable bonds is 6. The number of amides is 1. The topological polar surface area (TPSA) is 83.3 Å². The monoisotopic (exact) mass is 467 g/mol. The van der Waals surface area contributed by atoms with Crippen molar-refractivity contribution < 1.29 is 27.8 Å². The van der Waals surface area contributed by atoms with Crippen LogP contribution >= 0.6 is 11.6 Å². The molecule has 0 bridgehead atoms. The minimum atomic E-state index is -5.06. The molecule has 1 aromatic rings. The Balaban J connectivity index is 2.20. The molecule has 1 aromatic carbocycles. The second-order valence-electron chi connectivity index (χ2n) is 7.59. The first-order valence-corrected chi connectivity index (χ1v) is 9.94. The molecule has 2 aliphatic rings. The van der Waals surface area contributed by atoms with Gasteiger partial charge in [0.1, 0.15) is 5.75 Å². The van der Waals surface area contributed by atoms with Gasteiger partial charge >= 0.3 is 6.18 Å². The third-order valence-electron chi connectivity index (χ3n) is 5.04. The quantitative estimate of drug-likeness (QED) is 0.564. The molecule has 3 rings (SSSR count). The lowest BCUT2D eigenvalue weighted by Crippen LogP contribution is -2.53. The number of aliphatic hydroxyl groups is 1. The zero-order valence-electron chi connectivity index (χ0n) is 17.4. The number of hydrogen-bond donors (Lipinski definition) is 2. The molecule has 0 aromatic heterocycles. The van der Waals surface area contributed by atoms with Crippen molar-refractivity contribution in [3.8, 4) is 5.75 Å². The molecule has 0 spiro atoms. The predicted octanol–water partition coefficient (Wildman–Crippen LogP) is 5.19. The summed E-state index contributed by atoms with van der Waals surface area (Å²) in [5.41, 5.74) is -2.53. The summed E-state index contributed by atoms with van der Waals surface area (Å²) >= 11 is 6.00. The summed E-state index contributed by atoms with van der Waals surface area (Å²) in [4.78, 5) is 12.1. The second-order valence-corrected chi connectivity index (χ2v) is 8.03. The molecule has 0 saturated heterocycles. The molecule has 0 saturated carbocycles. The summed E-state index contributed by atoms with van der Waals surface area (Å²) in [6.07, 6.45) is 1.60. The van der Waals surface area contributed by atoms with E-state index in [0.717, 1.165) is 6.08 Å². The summed E-state index contributed by atoms with van der Waals surface area (Å²) < 4.78 is 48.3. The number of nitrogens with zero attached hydrogens (tertiary/aromatic N) is 2. The second kappa shape index (κ2) is 8.91. The molecule has 3 atom stereocenters. The third kappa shape index (κ3) is 4.49. The van der Waals surface area contributed by atoms with E-state index in [9.17, 15) is 23.1 Å². The molecule has 1 amide bonds. The predicted molar refractivity (Wildman–Crippen MR) is 113 cm³/mol. The number of alkyl halides is 3. The van der Waals surface area contributed by atoms with E-state index in [4.69, 9.17) is 16.3 Å². The Kier molecular flexibility index (Phi) is 6.61. The smallest absolute Gasteiger partial charge is 0.423 e. The summed E-state index contributed by atoms with van der Waals surface area (Å²) in [7, 11) is 1.29. The Morgan fingerprint density at radius 1 is 1.34 bits per heavy atom. The number of methoxy groups -OCH3 is 1. The van der Waals surface area contributed by atoms with Gasteiger partial charge in [-0.1, -0.05) is 35.4 Å². The molecule has 3 unspecified atom stereocenters. The van der Waals surface area contributed by atoms with Crippen molar-refractivity contribution >= 4 is 17.5 Å². The molecule has 2 N–H and O–H groups in total. The molecule has 0 fully saturated rings. The maximum absolute atomic E-state index is 14.3. The van der Waals surface area contributed by atoms with E-state index in [0.29, 0.717) is 5.57 Å². The van der Waals surface area contributed by atoms with Gasteiger partial charge in [-0.05, 0) is 38.1 Å². The highest BCUT2D eigenvalue weighted by Crippen LogP contribution is 2.46. The van der Waals surface area contributed by atoms with Gasteiger partial charge in [0, 0.05) is 21.9 Å². The Morgan fingerprint density at radius 3 is 2.69 bits per heavy atom. The summed E-state index contributed by atoms with van der Waals surface area (Å²) in [5.74, 6) is -1.27. The number of ether oxygens (including phenoxy) is 1. The molecule has 1 aliphatic heterocycles. The fourth-order valence-electron chi connectivity index (χ4n) is 3.61. The van der Waals surface area contributed by atoms with Gasteiger partial charge in [-0.2, -0.15) is 18.3 Å². The van der Waals surface area contributed by atoms with Gasteiger partial charge in [-0.3, -0.25) is 4.79 Å². The van der Waals surface area contributed by atoms with Gasteiger partial charge in [0.05, 0.1) is 25.3 Å². The van der Waals surface area contributed by atoms with Crippen LogP contribution in [0.25, 0.3) is 0 Å². The third-order valence-corrected chi connectivity index (χ3v) is 5.28. The van der Waals surface area contributed by atoms with Crippen LogP contribution in [0.3, 0.4) is 0 Å². The number of halogens is 4. The number of azo groups is 1.